The van der Waals surface area contributed by atoms with Crippen molar-refractivity contribution in [2.24, 2.45) is 0 Å². The van der Waals surface area contributed by atoms with Crippen molar-refractivity contribution in [2.75, 3.05) is 13.7 Å². The number of carbonyl (C=O) groups excluding carboxylic acids is 2. The Morgan fingerprint density at radius 2 is 2.19 bits per heavy atom. The van der Waals surface area contributed by atoms with Crippen LogP contribution >= 0.6 is 11.3 Å². The Hall–Kier alpha value is -1.88. The zero-order valence-corrected chi connectivity index (χ0v) is 12.7. The molecule has 110 valence electrons. The molecule has 2 heterocycles. The summed E-state index contributed by atoms with van der Waals surface area (Å²) in [6.07, 6.45) is 1.91. The summed E-state index contributed by atoms with van der Waals surface area (Å²) in [5.74, 6) is -0.299. The number of ether oxygens (including phenoxy) is 1. The van der Waals surface area contributed by atoms with Crippen LogP contribution in [-0.4, -0.2) is 36.5 Å². The summed E-state index contributed by atoms with van der Waals surface area (Å²) in [6.45, 7) is 0.642. The highest BCUT2D eigenvalue weighted by atomic mass is 32.1. The van der Waals surface area contributed by atoms with E-state index in [0.29, 0.717) is 19.4 Å². The van der Waals surface area contributed by atoms with E-state index in [1.807, 2.05) is 18.2 Å². The predicted molar refractivity (Wildman–Crippen MR) is 82.3 cm³/mol. The van der Waals surface area contributed by atoms with E-state index in [2.05, 4.69) is 12.1 Å². The Balaban J connectivity index is 1.74. The molecular formula is C16H17NO3S. The molecule has 4 nitrogen and oxygen atoms in total. The smallest absolute Gasteiger partial charge is 0.328 e. The summed E-state index contributed by atoms with van der Waals surface area (Å²) >= 11 is 1.64. The molecule has 0 unspecified atom stereocenters. The van der Waals surface area contributed by atoms with Gasteiger partial charge in [-0.1, -0.05) is 18.2 Å². The third-order valence-electron chi connectivity index (χ3n) is 3.85. The number of hydrogen-bond acceptors (Lipinski definition) is 4. The minimum absolute atomic E-state index is 0.00876. The van der Waals surface area contributed by atoms with Gasteiger partial charge in [-0.25, -0.2) is 4.79 Å². The van der Waals surface area contributed by atoms with Gasteiger partial charge in [0.1, 0.15) is 6.04 Å². The van der Waals surface area contributed by atoms with Crippen molar-refractivity contribution in [3.8, 4) is 0 Å². The summed E-state index contributed by atoms with van der Waals surface area (Å²) < 4.78 is 5.97. The lowest BCUT2D eigenvalue weighted by Gasteiger charge is -2.22. The molecule has 1 fully saturated rings. The largest absolute Gasteiger partial charge is 0.467 e. The first-order valence-corrected chi connectivity index (χ1v) is 7.85. The second kappa shape index (κ2) is 5.85. The summed E-state index contributed by atoms with van der Waals surface area (Å²) in [5.41, 5.74) is 0. The van der Waals surface area contributed by atoms with E-state index in [1.54, 1.807) is 16.2 Å². The summed E-state index contributed by atoms with van der Waals surface area (Å²) in [7, 11) is 1.37. The van der Waals surface area contributed by atoms with Crippen LogP contribution in [0.3, 0.4) is 0 Å². The van der Waals surface area contributed by atoms with Gasteiger partial charge in [-0.3, -0.25) is 4.79 Å². The average molecular weight is 303 g/mol. The minimum Gasteiger partial charge on any atom is -0.467 e. The molecule has 1 saturated heterocycles. The Labute approximate surface area is 127 Å². The summed E-state index contributed by atoms with van der Waals surface area (Å²) in [6, 6.07) is 9.75. The Kier molecular flexibility index (Phi) is 3.92. The number of carbonyl (C=O) groups is 2. The molecule has 0 aliphatic carbocycles. The molecule has 3 rings (SSSR count). The molecule has 1 atom stereocenters. The number of methoxy groups -OCH3 is 1. The maximum Gasteiger partial charge on any atom is 0.328 e. The van der Waals surface area contributed by atoms with Gasteiger partial charge < -0.3 is 9.64 Å². The SMILES string of the molecule is COC(=O)[C@@H]1CCCN1C(=O)Cc1cc2ccccc2s1. The standard InChI is InChI=1S/C16H17NO3S/c1-20-16(19)13-6-4-8-17(13)15(18)10-12-9-11-5-2-3-7-14(11)21-12/h2-3,5,7,9,13H,4,6,8,10H2,1H3/t13-/m0/s1. The van der Waals surface area contributed by atoms with E-state index in [9.17, 15) is 9.59 Å². The highest BCUT2D eigenvalue weighted by Crippen LogP contribution is 2.27. The van der Waals surface area contributed by atoms with Crippen LogP contribution in [0.4, 0.5) is 0 Å². The molecule has 21 heavy (non-hydrogen) atoms. The summed E-state index contributed by atoms with van der Waals surface area (Å²) in [4.78, 5) is 26.9. The number of fused-ring (bicyclic) bond motifs is 1. The van der Waals surface area contributed by atoms with Gasteiger partial charge in [0.15, 0.2) is 0 Å². The number of thiophene rings is 1. The highest BCUT2D eigenvalue weighted by Gasteiger charge is 2.34. The number of hydrogen-bond donors (Lipinski definition) is 0. The van der Waals surface area contributed by atoms with Crippen molar-refractivity contribution in [1.82, 2.24) is 4.90 Å². The quantitative estimate of drug-likeness (QED) is 0.819. The lowest BCUT2D eigenvalue weighted by molar-refractivity contribution is -0.150. The van der Waals surface area contributed by atoms with Crippen molar-refractivity contribution in [2.45, 2.75) is 25.3 Å². The molecular weight excluding hydrogens is 286 g/mol. The van der Waals surface area contributed by atoms with Crippen LogP contribution in [0.2, 0.25) is 0 Å². The molecule has 5 heteroatoms. The van der Waals surface area contributed by atoms with Crippen LogP contribution < -0.4 is 0 Å². The van der Waals surface area contributed by atoms with Gasteiger partial charge in [0.2, 0.25) is 5.91 Å². The lowest BCUT2D eigenvalue weighted by Crippen LogP contribution is -2.41. The van der Waals surface area contributed by atoms with Crippen LogP contribution in [0.15, 0.2) is 30.3 Å². The first-order chi connectivity index (χ1) is 10.2. The van der Waals surface area contributed by atoms with Crippen LogP contribution in [0.5, 0.6) is 0 Å². The molecule has 0 N–H and O–H groups in total. The molecule has 1 aromatic carbocycles. The molecule has 1 aliphatic heterocycles. The third kappa shape index (κ3) is 2.78. The summed E-state index contributed by atoms with van der Waals surface area (Å²) in [5, 5.41) is 1.16. The Morgan fingerprint density at radius 3 is 2.95 bits per heavy atom. The monoisotopic (exact) mass is 303 g/mol. The van der Waals surface area contributed by atoms with E-state index in [1.165, 1.54) is 11.8 Å². The van der Waals surface area contributed by atoms with E-state index in [0.717, 1.165) is 16.7 Å². The predicted octanol–water partition coefficient (Wildman–Crippen LogP) is 2.61. The van der Waals surface area contributed by atoms with Crippen molar-refractivity contribution < 1.29 is 14.3 Å². The molecule has 1 aromatic heterocycles. The molecule has 0 saturated carbocycles. The van der Waals surface area contributed by atoms with Crippen LogP contribution in [0.25, 0.3) is 10.1 Å². The maximum atomic E-state index is 12.4. The molecule has 0 spiro atoms. The van der Waals surface area contributed by atoms with Crippen molar-refractivity contribution in [3.05, 3.63) is 35.2 Å². The first-order valence-electron chi connectivity index (χ1n) is 7.04. The zero-order chi connectivity index (χ0) is 14.8. The second-order valence-corrected chi connectivity index (χ2v) is 6.36. The number of rotatable bonds is 3. The van der Waals surface area contributed by atoms with Gasteiger partial charge in [0, 0.05) is 16.1 Å². The fourth-order valence-corrected chi connectivity index (χ4v) is 3.88. The Morgan fingerprint density at radius 1 is 1.38 bits per heavy atom. The topological polar surface area (TPSA) is 46.6 Å². The van der Waals surface area contributed by atoms with E-state index < -0.39 is 6.04 Å². The third-order valence-corrected chi connectivity index (χ3v) is 4.96. The van der Waals surface area contributed by atoms with Crippen molar-refractivity contribution in [1.29, 1.82) is 0 Å². The number of nitrogens with zero attached hydrogens (tertiary/aromatic N) is 1. The van der Waals surface area contributed by atoms with E-state index in [-0.39, 0.29) is 11.9 Å². The van der Waals surface area contributed by atoms with E-state index in [4.69, 9.17) is 4.74 Å². The van der Waals surface area contributed by atoms with Gasteiger partial charge >= 0.3 is 5.97 Å². The number of esters is 1. The van der Waals surface area contributed by atoms with Gasteiger partial charge in [-0.2, -0.15) is 0 Å². The molecule has 1 amide bonds. The zero-order valence-electron chi connectivity index (χ0n) is 11.9. The lowest BCUT2D eigenvalue weighted by atomic mass is 10.2. The van der Waals surface area contributed by atoms with Crippen LogP contribution in [0, 0.1) is 0 Å². The fourth-order valence-electron chi connectivity index (χ4n) is 2.82. The van der Waals surface area contributed by atoms with Crippen LogP contribution in [0.1, 0.15) is 17.7 Å². The van der Waals surface area contributed by atoms with Gasteiger partial charge in [0.05, 0.1) is 13.5 Å². The van der Waals surface area contributed by atoms with Gasteiger partial charge in [-0.05, 0) is 30.4 Å². The Bertz CT molecular complexity index is 646. The van der Waals surface area contributed by atoms with Crippen molar-refractivity contribution in [3.63, 3.8) is 0 Å². The molecule has 0 bridgehead atoms. The number of likely N-dealkylation sites (tertiary alicyclic amines) is 1. The van der Waals surface area contributed by atoms with Gasteiger partial charge in [-0.15, -0.1) is 11.3 Å². The highest BCUT2D eigenvalue weighted by molar-refractivity contribution is 7.19. The maximum absolute atomic E-state index is 12.4. The first kappa shape index (κ1) is 14.1. The molecule has 1 aliphatic rings. The van der Waals surface area contributed by atoms with Crippen LogP contribution in [-0.2, 0) is 20.7 Å². The molecule has 2 aromatic rings. The van der Waals surface area contributed by atoms with E-state index >= 15 is 0 Å². The second-order valence-electron chi connectivity index (χ2n) is 5.20. The normalized spacial score (nSPS) is 18.1. The molecule has 0 radical (unpaired) electrons. The van der Waals surface area contributed by atoms with Gasteiger partial charge in [0.25, 0.3) is 0 Å². The number of amides is 1. The number of benzene rings is 1. The fraction of sp³-hybridized carbons (Fsp3) is 0.375. The van der Waals surface area contributed by atoms with Crippen molar-refractivity contribution >= 4 is 33.3 Å². The minimum atomic E-state index is -0.406. The average Bonchev–Trinajstić information content (AvgIpc) is 3.12.